The summed E-state index contributed by atoms with van der Waals surface area (Å²) in [5.41, 5.74) is 1.36. The van der Waals surface area contributed by atoms with Crippen LogP contribution in [0, 0.1) is 0 Å². The van der Waals surface area contributed by atoms with Gasteiger partial charge in [-0.3, -0.25) is 0 Å². The molecule has 4 heterocycles. The summed E-state index contributed by atoms with van der Waals surface area (Å²) >= 11 is 0.942. The number of rotatable bonds is 5. The molecular weight excluding hydrogens is 539 g/mol. The maximum absolute atomic E-state index is 13.9. The molecule has 5 rings (SSSR count). The summed E-state index contributed by atoms with van der Waals surface area (Å²) in [7, 11) is -3.66. The fourth-order valence-corrected chi connectivity index (χ4v) is 7.49. The number of halogens is 3. The van der Waals surface area contributed by atoms with Gasteiger partial charge >= 0.3 is 6.18 Å². The van der Waals surface area contributed by atoms with Crippen LogP contribution in [-0.4, -0.2) is 56.4 Å². The van der Waals surface area contributed by atoms with E-state index in [1.165, 1.54) is 6.07 Å². The second-order valence-corrected chi connectivity index (χ2v) is 12.6. The third-order valence-electron chi connectivity index (χ3n) is 6.61. The van der Waals surface area contributed by atoms with Crippen molar-refractivity contribution in [1.82, 2.24) is 15.3 Å². The number of nitrogens with one attached hydrogen (secondary N) is 2. The number of nitrogens with zero attached hydrogens (tertiary/aromatic N) is 3. The van der Waals surface area contributed by atoms with E-state index in [-0.39, 0.29) is 40.4 Å². The minimum Gasteiger partial charge on any atom is -0.375 e. The summed E-state index contributed by atoms with van der Waals surface area (Å²) in [6.07, 6.45) is -3.29. The summed E-state index contributed by atoms with van der Waals surface area (Å²) in [5.74, 6) is -0.226. The highest BCUT2D eigenvalue weighted by Gasteiger charge is 2.37. The van der Waals surface area contributed by atoms with Gasteiger partial charge in [-0.2, -0.15) is 13.2 Å². The van der Waals surface area contributed by atoms with Crippen molar-refractivity contribution in [1.29, 1.82) is 0 Å². The van der Waals surface area contributed by atoms with Crippen LogP contribution in [0.4, 0.5) is 30.5 Å². The number of piperazine rings is 1. The van der Waals surface area contributed by atoms with Crippen LogP contribution in [0.2, 0.25) is 0 Å². The smallest absolute Gasteiger partial charge is 0.375 e. The molecule has 38 heavy (non-hydrogen) atoms. The van der Waals surface area contributed by atoms with Crippen LogP contribution in [0.5, 0.6) is 0 Å². The maximum Gasteiger partial charge on any atom is 0.420 e. The third kappa shape index (κ3) is 5.51. The molecule has 8 nitrogen and oxygen atoms in total. The SMILES string of the molecule is CCc1cc(N2CCNC(C)C2)ccc1Nc1ncc(C(F)(F)F)c(-c2cc3c(s2)COCCS3(=O)=O)n1. The highest BCUT2D eigenvalue weighted by atomic mass is 32.2. The average Bonchev–Trinajstić information content (AvgIpc) is 3.26. The predicted molar refractivity (Wildman–Crippen MR) is 141 cm³/mol. The van der Waals surface area contributed by atoms with E-state index in [2.05, 4.69) is 38.5 Å². The molecule has 1 saturated heterocycles. The molecule has 204 valence electrons. The van der Waals surface area contributed by atoms with Gasteiger partial charge in [0.25, 0.3) is 0 Å². The van der Waals surface area contributed by atoms with Crippen molar-refractivity contribution in [2.45, 2.75) is 44.0 Å². The van der Waals surface area contributed by atoms with Gasteiger partial charge < -0.3 is 20.3 Å². The Hall–Kier alpha value is -2.74. The lowest BCUT2D eigenvalue weighted by molar-refractivity contribution is -0.137. The number of fused-ring (bicyclic) bond motifs is 1. The van der Waals surface area contributed by atoms with Crippen LogP contribution in [0.25, 0.3) is 10.6 Å². The summed E-state index contributed by atoms with van der Waals surface area (Å²) in [6, 6.07) is 7.59. The zero-order chi connectivity index (χ0) is 27.1. The zero-order valence-electron chi connectivity index (χ0n) is 20.9. The third-order valence-corrected chi connectivity index (χ3v) is 9.60. The minimum absolute atomic E-state index is 0.00216. The van der Waals surface area contributed by atoms with Crippen LogP contribution in [-0.2, 0) is 33.8 Å². The molecule has 0 amide bonds. The molecule has 3 aromatic rings. The molecule has 0 saturated carbocycles. The van der Waals surface area contributed by atoms with E-state index in [0.29, 0.717) is 23.0 Å². The molecule has 0 radical (unpaired) electrons. The van der Waals surface area contributed by atoms with Gasteiger partial charge in [0.05, 0.1) is 34.4 Å². The van der Waals surface area contributed by atoms with Crippen molar-refractivity contribution in [3.8, 4) is 10.6 Å². The van der Waals surface area contributed by atoms with E-state index < -0.39 is 21.6 Å². The summed E-state index contributed by atoms with van der Waals surface area (Å²) < 4.78 is 72.3. The lowest BCUT2D eigenvalue weighted by Gasteiger charge is -2.34. The molecule has 2 aliphatic heterocycles. The Morgan fingerprint density at radius 2 is 2.11 bits per heavy atom. The number of ether oxygens (including phenoxy) is 1. The summed E-state index contributed by atoms with van der Waals surface area (Å²) in [6.45, 7) is 6.87. The normalized spacial score (nSPS) is 19.6. The van der Waals surface area contributed by atoms with E-state index in [1.807, 2.05) is 19.1 Å². The number of anilines is 3. The lowest BCUT2D eigenvalue weighted by Crippen LogP contribution is -2.49. The standard InChI is InChI=1S/C25H28F3N5O3S2/c1-3-16-10-17(33-7-6-29-15(2)13-33)4-5-19(16)31-24-30-12-18(25(26,27)28)23(32-24)20-11-22-21(37-20)14-36-8-9-38(22,34)35/h4-5,10-12,15,29H,3,6-9,13-14H2,1-2H3,(H,30,31,32). The lowest BCUT2D eigenvalue weighted by atomic mass is 10.1. The quantitative estimate of drug-likeness (QED) is 0.461. The summed E-state index contributed by atoms with van der Waals surface area (Å²) in [5, 5.41) is 6.50. The van der Waals surface area contributed by atoms with E-state index in [0.717, 1.165) is 48.4 Å². The second kappa shape index (κ2) is 10.4. The summed E-state index contributed by atoms with van der Waals surface area (Å²) in [4.78, 5) is 10.9. The van der Waals surface area contributed by atoms with Crippen molar-refractivity contribution in [2.24, 2.45) is 0 Å². The second-order valence-electron chi connectivity index (χ2n) is 9.34. The molecule has 1 fully saturated rings. The maximum atomic E-state index is 13.9. The number of thiophene rings is 1. The largest absolute Gasteiger partial charge is 0.420 e. The average molecular weight is 568 g/mol. The Bertz CT molecular complexity index is 1440. The first-order valence-corrected chi connectivity index (χ1v) is 14.8. The van der Waals surface area contributed by atoms with Crippen LogP contribution >= 0.6 is 11.3 Å². The van der Waals surface area contributed by atoms with Gasteiger partial charge in [-0.1, -0.05) is 6.92 Å². The Labute approximate surface area is 223 Å². The Kier molecular flexibility index (Phi) is 7.37. The predicted octanol–water partition coefficient (Wildman–Crippen LogP) is 4.63. The molecule has 0 bridgehead atoms. The van der Waals surface area contributed by atoms with E-state index in [4.69, 9.17) is 4.74 Å². The molecule has 0 aliphatic carbocycles. The first-order chi connectivity index (χ1) is 18.0. The number of aryl methyl sites for hydroxylation is 1. The Balaban J connectivity index is 1.50. The van der Waals surface area contributed by atoms with Gasteiger partial charge in [0, 0.05) is 48.1 Å². The van der Waals surface area contributed by atoms with E-state index >= 15 is 0 Å². The number of hydrogen-bond acceptors (Lipinski definition) is 9. The highest BCUT2D eigenvalue weighted by molar-refractivity contribution is 7.91. The van der Waals surface area contributed by atoms with Crippen molar-refractivity contribution < 1.29 is 26.3 Å². The van der Waals surface area contributed by atoms with Crippen molar-refractivity contribution >= 4 is 38.5 Å². The first-order valence-electron chi connectivity index (χ1n) is 12.3. The molecule has 2 aromatic heterocycles. The molecule has 2 N–H and O–H groups in total. The van der Waals surface area contributed by atoms with Gasteiger partial charge in [0.15, 0.2) is 9.84 Å². The zero-order valence-corrected chi connectivity index (χ0v) is 22.6. The Morgan fingerprint density at radius 3 is 2.84 bits per heavy atom. The number of sulfone groups is 1. The van der Waals surface area contributed by atoms with Crippen molar-refractivity contribution in [3.05, 3.63) is 46.5 Å². The van der Waals surface area contributed by atoms with E-state index in [1.54, 1.807) is 0 Å². The fraction of sp³-hybridized carbons (Fsp3) is 0.440. The highest BCUT2D eigenvalue weighted by Crippen LogP contribution is 2.42. The van der Waals surface area contributed by atoms with Crippen molar-refractivity contribution in [2.75, 3.05) is 42.2 Å². The van der Waals surface area contributed by atoms with Gasteiger partial charge in [-0.25, -0.2) is 18.4 Å². The molecule has 1 aromatic carbocycles. The van der Waals surface area contributed by atoms with E-state index in [9.17, 15) is 21.6 Å². The van der Waals surface area contributed by atoms with Crippen LogP contribution in [0.3, 0.4) is 0 Å². The van der Waals surface area contributed by atoms with Gasteiger partial charge in [0.1, 0.15) is 5.56 Å². The monoisotopic (exact) mass is 567 g/mol. The molecule has 1 unspecified atom stereocenters. The number of alkyl halides is 3. The fourth-order valence-electron chi connectivity index (χ4n) is 4.65. The molecule has 13 heteroatoms. The number of benzene rings is 1. The van der Waals surface area contributed by atoms with Crippen molar-refractivity contribution in [3.63, 3.8) is 0 Å². The Morgan fingerprint density at radius 1 is 1.29 bits per heavy atom. The topological polar surface area (TPSA) is 96.5 Å². The molecule has 2 aliphatic rings. The van der Waals surface area contributed by atoms with Gasteiger partial charge in [0.2, 0.25) is 5.95 Å². The van der Waals surface area contributed by atoms with Crippen LogP contribution < -0.4 is 15.5 Å². The molecule has 1 atom stereocenters. The molecular formula is C25H28F3N5O3S2. The first kappa shape index (κ1) is 26.9. The van der Waals surface area contributed by atoms with Gasteiger partial charge in [-0.05, 0) is 43.2 Å². The number of aromatic nitrogens is 2. The van der Waals surface area contributed by atoms with Gasteiger partial charge in [-0.15, -0.1) is 11.3 Å². The minimum atomic E-state index is -4.72. The van der Waals surface area contributed by atoms with Crippen LogP contribution in [0.1, 0.15) is 29.9 Å². The number of hydrogen-bond donors (Lipinski definition) is 2. The molecule has 0 spiro atoms. The van der Waals surface area contributed by atoms with Crippen LogP contribution in [0.15, 0.2) is 35.4 Å².